The van der Waals surface area contributed by atoms with E-state index in [0.29, 0.717) is 19.3 Å². The Kier molecular flexibility index (Phi) is 56.2. The lowest BCUT2D eigenvalue weighted by Crippen LogP contribution is -2.30. The Bertz CT molecular complexity index is 1160. The summed E-state index contributed by atoms with van der Waals surface area (Å²) < 4.78 is 16.9. The van der Waals surface area contributed by atoms with Crippen molar-refractivity contribution in [2.75, 3.05) is 13.2 Å². The summed E-state index contributed by atoms with van der Waals surface area (Å²) in [4.78, 5) is 38.2. The first-order valence-corrected chi connectivity index (χ1v) is 30.5. The van der Waals surface area contributed by atoms with E-state index < -0.39 is 6.10 Å². The fourth-order valence-corrected chi connectivity index (χ4v) is 9.00. The average molecular weight is 970 g/mol. The van der Waals surface area contributed by atoms with Gasteiger partial charge in [-0.3, -0.25) is 14.4 Å². The number of carbonyl (C=O) groups is 3. The third-order valence-corrected chi connectivity index (χ3v) is 13.6. The number of hydrogen-bond donors (Lipinski definition) is 0. The van der Waals surface area contributed by atoms with E-state index in [4.69, 9.17) is 14.2 Å². The molecule has 0 rings (SSSR count). The second kappa shape index (κ2) is 58.2. The second-order valence-electron chi connectivity index (χ2n) is 20.6. The minimum atomic E-state index is -0.774. The van der Waals surface area contributed by atoms with E-state index in [-0.39, 0.29) is 31.1 Å². The first-order valence-electron chi connectivity index (χ1n) is 30.5. The van der Waals surface area contributed by atoms with Crippen molar-refractivity contribution >= 4 is 17.9 Å². The molecule has 0 spiro atoms. The summed E-state index contributed by atoms with van der Waals surface area (Å²) in [6, 6.07) is 0. The van der Waals surface area contributed by atoms with Gasteiger partial charge in [0, 0.05) is 19.3 Å². The van der Waals surface area contributed by atoms with Crippen LogP contribution >= 0.6 is 0 Å². The molecule has 0 radical (unpaired) electrons. The molecule has 69 heavy (non-hydrogen) atoms. The first kappa shape index (κ1) is 66.6. The predicted octanol–water partition coefficient (Wildman–Crippen LogP) is 20.4. The van der Waals surface area contributed by atoms with Crippen LogP contribution in [0.2, 0.25) is 0 Å². The van der Waals surface area contributed by atoms with Gasteiger partial charge in [-0.15, -0.1) is 0 Å². The van der Waals surface area contributed by atoms with Gasteiger partial charge >= 0.3 is 17.9 Å². The Balaban J connectivity index is 4.28. The van der Waals surface area contributed by atoms with E-state index in [2.05, 4.69) is 57.2 Å². The van der Waals surface area contributed by atoms with Crippen molar-refractivity contribution in [1.82, 2.24) is 0 Å². The van der Waals surface area contributed by atoms with Crippen molar-refractivity contribution in [2.45, 2.75) is 335 Å². The Morgan fingerprint density at radius 1 is 0.290 bits per heavy atom. The molecule has 0 fully saturated rings. The van der Waals surface area contributed by atoms with Gasteiger partial charge in [-0.2, -0.15) is 0 Å². The molecule has 0 heterocycles. The molecule has 0 aromatic heterocycles. The zero-order chi connectivity index (χ0) is 50.0. The molecule has 0 saturated carbocycles. The second-order valence-corrected chi connectivity index (χ2v) is 20.6. The van der Waals surface area contributed by atoms with Crippen molar-refractivity contribution in [1.29, 1.82) is 0 Å². The molecule has 0 N–H and O–H groups in total. The van der Waals surface area contributed by atoms with Crippen molar-refractivity contribution < 1.29 is 28.6 Å². The lowest BCUT2D eigenvalue weighted by molar-refractivity contribution is -0.167. The Morgan fingerprint density at radius 3 is 0.812 bits per heavy atom. The SMILES string of the molecule is CCCCCCC/C=C\C/C=C\CCCCCCCCCCCCCC(=O)OCC(COC(=O)CCCCCCCCCCCCCCC)OC(=O)CCCCCCC/C=C\CCCCCCCC. The number of rotatable bonds is 56. The summed E-state index contributed by atoms with van der Waals surface area (Å²) in [5.41, 5.74) is 0. The highest BCUT2D eigenvalue weighted by atomic mass is 16.6. The van der Waals surface area contributed by atoms with Crippen LogP contribution in [-0.2, 0) is 28.6 Å². The van der Waals surface area contributed by atoms with Crippen LogP contribution in [0.1, 0.15) is 329 Å². The lowest BCUT2D eigenvalue weighted by atomic mass is 10.0. The summed E-state index contributed by atoms with van der Waals surface area (Å²) in [5.74, 6) is -0.863. The lowest BCUT2D eigenvalue weighted by Gasteiger charge is -2.18. The topological polar surface area (TPSA) is 78.9 Å². The molecule has 0 aliphatic rings. The van der Waals surface area contributed by atoms with Crippen LogP contribution in [0.3, 0.4) is 0 Å². The largest absolute Gasteiger partial charge is 0.462 e. The van der Waals surface area contributed by atoms with E-state index in [1.54, 1.807) is 0 Å². The van der Waals surface area contributed by atoms with Crippen molar-refractivity contribution in [3.8, 4) is 0 Å². The quantitative estimate of drug-likeness (QED) is 0.0261. The molecule has 0 bridgehead atoms. The number of esters is 3. The van der Waals surface area contributed by atoms with Gasteiger partial charge in [-0.25, -0.2) is 0 Å². The zero-order valence-corrected chi connectivity index (χ0v) is 46.3. The van der Waals surface area contributed by atoms with Crippen LogP contribution in [0.4, 0.5) is 0 Å². The van der Waals surface area contributed by atoms with Crippen LogP contribution in [0, 0.1) is 0 Å². The summed E-state index contributed by atoms with van der Waals surface area (Å²) in [7, 11) is 0. The average Bonchev–Trinajstić information content (AvgIpc) is 3.35. The number of carbonyl (C=O) groups excluding carboxylic acids is 3. The zero-order valence-electron chi connectivity index (χ0n) is 46.3. The number of unbranched alkanes of at least 4 members (excludes halogenated alkanes) is 39. The van der Waals surface area contributed by atoms with Gasteiger partial charge in [0.2, 0.25) is 0 Å². The molecule has 0 amide bonds. The third kappa shape index (κ3) is 56.4. The molecule has 0 aromatic rings. The minimum absolute atomic E-state index is 0.0720. The molecule has 0 aromatic carbocycles. The van der Waals surface area contributed by atoms with Gasteiger partial charge < -0.3 is 14.2 Å². The molecular formula is C63H116O6. The highest BCUT2D eigenvalue weighted by molar-refractivity contribution is 5.71. The van der Waals surface area contributed by atoms with Crippen LogP contribution < -0.4 is 0 Å². The number of ether oxygens (including phenoxy) is 3. The Hall–Kier alpha value is -2.37. The maximum atomic E-state index is 12.9. The van der Waals surface area contributed by atoms with Gasteiger partial charge in [0.15, 0.2) is 6.10 Å². The molecule has 0 aliphatic heterocycles. The Labute approximate surface area is 429 Å². The summed E-state index contributed by atoms with van der Waals surface area (Å²) >= 11 is 0. The monoisotopic (exact) mass is 969 g/mol. The number of hydrogen-bond acceptors (Lipinski definition) is 6. The Morgan fingerprint density at radius 2 is 0.522 bits per heavy atom. The number of allylic oxidation sites excluding steroid dienone is 6. The molecule has 6 nitrogen and oxygen atoms in total. The summed E-state index contributed by atoms with van der Waals surface area (Å²) in [6.45, 7) is 6.66. The van der Waals surface area contributed by atoms with Crippen LogP contribution in [-0.4, -0.2) is 37.2 Å². The van der Waals surface area contributed by atoms with Crippen molar-refractivity contribution in [2.24, 2.45) is 0 Å². The van der Waals surface area contributed by atoms with Crippen LogP contribution in [0.15, 0.2) is 36.5 Å². The van der Waals surface area contributed by atoms with E-state index in [1.165, 1.54) is 218 Å². The van der Waals surface area contributed by atoms with Gasteiger partial charge in [0.25, 0.3) is 0 Å². The molecule has 0 saturated heterocycles. The van der Waals surface area contributed by atoms with Gasteiger partial charge in [0.05, 0.1) is 0 Å². The van der Waals surface area contributed by atoms with E-state index in [1.807, 2.05) is 0 Å². The van der Waals surface area contributed by atoms with Crippen LogP contribution in [0.5, 0.6) is 0 Å². The standard InChI is InChI=1S/C63H116O6/c1-4-7-10-13-16-19-22-25-27-28-29-30-31-32-33-34-36-38-41-44-47-50-53-56-62(65)68-59-60(58-67-61(64)55-52-49-46-43-40-37-24-21-18-15-12-9-6-3)69-63(66)57-54-51-48-45-42-39-35-26-23-20-17-14-11-8-5-2/h22,25-26,28-29,35,60H,4-21,23-24,27,30-34,36-59H2,1-3H3/b25-22-,29-28-,35-26-. The molecule has 0 aliphatic carbocycles. The first-order chi connectivity index (χ1) is 34.0. The fraction of sp³-hybridized carbons (Fsp3) is 0.857. The normalized spacial score (nSPS) is 12.2. The van der Waals surface area contributed by atoms with E-state index in [0.717, 1.165) is 70.6 Å². The molecule has 1 unspecified atom stereocenters. The summed E-state index contributed by atoms with van der Waals surface area (Å²) in [6.07, 6.45) is 70.0. The van der Waals surface area contributed by atoms with E-state index >= 15 is 0 Å². The summed E-state index contributed by atoms with van der Waals surface area (Å²) in [5, 5.41) is 0. The predicted molar refractivity (Wildman–Crippen MR) is 298 cm³/mol. The third-order valence-electron chi connectivity index (χ3n) is 13.6. The highest BCUT2D eigenvalue weighted by Gasteiger charge is 2.19. The van der Waals surface area contributed by atoms with Gasteiger partial charge in [-0.05, 0) is 77.0 Å². The smallest absolute Gasteiger partial charge is 0.306 e. The maximum absolute atomic E-state index is 12.9. The van der Waals surface area contributed by atoms with Crippen molar-refractivity contribution in [3.63, 3.8) is 0 Å². The molecule has 6 heteroatoms. The molecule has 1 atom stereocenters. The highest BCUT2D eigenvalue weighted by Crippen LogP contribution is 2.17. The molecular weight excluding hydrogens is 853 g/mol. The minimum Gasteiger partial charge on any atom is -0.462 e. The fourth-order valence-electron chi connectivity index (χ4n) is 9.00. The van der Waals surface area contributed by atoms with Crippen LogP contribution in [0.25, 0.3) is 0 Å². The molecule has 404 valence electrons. The van der Waals surface area contributed by atoms with Gasteiger partial charge in [-0.1, -0.05) is 269 Å². The van der Waals surface area contributed by atoms with Gasteiger partial charge in [0.1, 0.15) is 13.2 Å². The maximum Gasteiger partial charge on any atom is 0.306 e. The van der Waals surface area contributed by atoms with E-state index in [9.17, 15) is 14.4 Å². The van der Waals surface area contributed by atoms with Crippen molar-refractivity contribution in [3.05, 3.63) is 36.5 Å².